The zero-order valence-corrected chi connectivity index (χ0v) is 21.4. The number of Topliss-reactive ketones (excluding diaryl/α,β-unsaturated/α-hetero) is 1. The Bertz CT molecular complexity index is 1060. The van der Waals surface area contributed by atoms with E-state index in [9.17, 15) is 4.79 Å². The maximum Gasteiger partial charge on any atom is 0.177 e. The number of nitrogens with one attached hydrogen (secondary N) is 1. The molecular formula is C28H37ClN4O. The second-order valence-electron chi connectivity index (χ2n) is 9.43. The Morgan fingerprint density at radius 3 is 2.62 bits per heavy atom. The minimum Gasteiger partial charge on any atom is -0.360 e. The van der Waals surface area contributed by atoms with Crippen molar-refractivity contribution in [3.63, 3.8) is 0 Å². The van der Waals surface area contributed by atoms with Crippen LogP contribution in [-0.2, 0) is 13.0 Å². The number of ketones is 1. The Morgan fingerprint density at radius 2 is 2.03 bits per heavy atom. The first-order chi connectivity index (χ1) is 16.5. The van der Waals surface area contributed by atoms with Crippen LogP contribution in [0.4, 0.5) is 0 Å². The first-order valence-electron chi connectivity index (χ1n) is 12.7. The summed E-state index contributed by atoms with van der Waals surface area (Å²) in [5.41, 5.74) is 4.93. The molecule has 0 amide bonds. The molecule has 2 aromatic rings. The van der Waals surface area contributed by atoms with E-state index in [1.807, 2.05) is 24.3 Å². The maximum atomic E-state index is 11.8. The van der Waals surface area contributed by atoms with Crippen LogP contribution in [0.2, 0.25) is 5.02 Å². The van der Waals surface area contributed by atoms with Crippen LogP contribution in [0, 0.1) is 0 Å². The van der Waals surface area contributed by atoms with Crippen molar-refractivity contribution in [1.82, 2.24) is 19.8 Å². The van der Waals surface area contributed by atoms with Crippen molar-refractivity contribution >= 4 is 17.4 Å². The fourth-order valence-corrected chi connectivity index (χ4v) is 5.27. The molecule has 0 radical (unpaired) electrons. The van der Waals surface area contributed by atoms with Crippen molar-refractivity contribution in [3.05, 3.63) is 76.0 Å². The number of allylic oxidation sites excluding steroid dienone is 2. The normalized spacial score (nSPS) is 21.6. The highest BCUT2D eigenvalue weighted by Gasteiger charge is 2.30. The van der Waals surface area contributed by atoms with Crippen molar-refractivity contribution in [2.75, 3.05) is 13.1 Å². The van der Waals surface area contributed by atoms with Crippen molar-refractivity contribution in [2.45, 2.75) is 77.9 Å². The molecule has 6 heteroatoms. The first-order valence-corrected chi connectivity index (χ1v) is 13.1. The van der Waals surface area contributed by atoms with Crippen LogP contribution in [0.1, 0.15) is 80.8 Å². The van der Waals surface area contributed by atoms with Crippen molar-refractivity contribution in [1.29, 1.82) is 0 Å². The number of carbonyl (C=O) groups is 1. The van der Waals surface area contributed by atoms with E-state index in [0.717, 1.165) is 42.6 Å². The minimum atomic E-state index is 0.101. The maximum absolute atomic E-state index is 11.8. The van der Waals surface area contributed by atoms with Crippen LogP contribution in [-0.4, -0.2) is 39.4 Å². The molecule has 1 saturated carbocycles. The smallest absolute Gasteiger partial charge is 0.177 e. The lowest BCUT2D eigenvalue weighted by Crippen LogP contribution is -2.38. The van der Waals surface area contributed by atoms with Gasteiger partial charge in [-0.1, -0.05) is 42.8 Å². The molecule has 1 aliphatic carbocycles. The predicted molar refractivity (Wildman–Crippen MR) is 139 cm³/mol. The van der Waals surface area contributed by atoms with Crippen molar-refractivity contribution in [2.24, 2.45) is 0 Å². The summed E-state index contributed by atoms with van der Waals surface area (Å²) in [5.74, 6) is 1.12. The molecule has 3 heterocycles. The van der Waals surface area contributed by atoms with Crippen molar-refractivity contribution in [3.8, 4) is 0 Å². The molecule has 1 aromatic heterocycles. The second-order valence-corrected chi connectivity index (χ2v) is 9.84. The third kappa shape index (κ3) is 5.47. The monoisotopic (exact) mass is 480 g/mol. The zero-order chi connectivity index (χ0) is 24.1. The van der Waals surface area contributed by atoms with Gasteiger partial charge in [0.05, 0.1) is 12.2 Å². The van der Waals surface area contributed by atoms with Crippen molar-refractivity contribution < 1.29 is 4.79 Å². The molecular weight excluding hydrogens is 444 g/mol. The third-order valence-corrected chi connectivity index (χ3v) is 7.57. The van der Waals surface area contributed by atoms with Gasteiger partial charge in [0.25, 0.3) is 0 Å². The van der Waals surface area contributed by atoms with Crippen LogP contribution in [0.25, 0.3) is 0 Å². The fraction of sp³-hybridized carbons (Fsp3) is 0.500. The van der Waals surface area contributed by atoms with Crippen LogP contribution in [0.15, 0.2) is 53.9 Å². The fourth-order valence-electron chi connectivity index (χ4n) is 5.00. The molecule has 2 fully saturated rings. The summed E-state index contributed by atoms with van der Waals surface area (Å²) < 4.78 is 2.11. The average Bonchev–Trinajstić information content (AvgIpc) is 3.47. The van der Waals surface area contributed by atoms with E-state index in [1.165, 1.54) is 43.4 Å². The summed E-state index contributed by atoms with van der Waals surface area (Å²) in [6, 6.07) is 8.63. The number of benzene rings is 1. The van der Waals surface area contributed by atoms with E-state index in [1.54, 1.807) is 18.7 Å². The summed E-state index contributed by atoms with van der Waals surface area (Å²) >= 11 is 5.82. The summed E-state index contributed by atoms with van der Waals surface area (Å²) in [4.78, 5) is 18.9. The number of fused-ring (bicyclic) bond motifs is 1. The van der Waals surface area contributed by atoms with E-state index in [0.29, 0.717) is 6.04 Å². The molecule has 1 aromatic carbocycles. The Morgan fingerprint density at radius 1 is 1.24 bits per heavy atom. The summed E-state index contributed by atoms with van der Waals surface area (Å²) in [6.45, 7) is 8.84. The molecule has 34 heavy (non-hydrogen) atoms. The first kappa shape index (κ1) is 24.7. The zero-order valence-electron chi connectivity index (χ0n) is 20.7. The number of imidazole rings is 1. The molecule has 1 N–H and O–H groups in total. The lowest BCUT2D eigenvalue weighted by atomic mass is 9.89. The van der Waals surface area contributed by atoms with Gasteiger partial charge in [0.2, 0.25) is 0 Å². The van der Waals surface area contributed by atoms with Gasteiger partial charge in [0.15, 0.2) is 5.78 Å². The second kappa shape index (κ2) is 11.4. The average molecular weight is 481 g/mol. The Kier molecular flexibility index (Phi) is 8.28. The minimum absolute atomic E-state index is 0.101. The summed E-state index contributed by atoms with van der Waals surface area (Å²) in [6.07, 6.45) is 13.7. The predicted octanol–water partition coefficient (Wildman–Crippen LogP) is 6.11. The van der Waals surface area contributed by atoms with E-state index in [-0.39, 0.29) is 11.8 Å². The Balaban J connectivity index is 0.000000257. The molecule has 2 aliphatic heterocycles. The molecule has 2 unspecified atom stereocenters. The SMILES string of the molecule is CC(=O)c1cnc2n1CCN(C(/C=C/C1CCCN1)=C1CCC1)C2C.CCc1ccccc1Cl. The molecule has 0 spiro atoms. The number of hydrogen-bond acceptors (Lipinski definition) is 4. The lowest BCUT2D eigenvalue weighted by Gasteiger charge is -2.39. The number of rotatable bonds is 5. The number of carbonyl (C=O) groups excluding carboxylic acids is 1. The largest absolute Gasteiger partial charge is 0.360 e. The van der Waals surface area contributed by atoms with Crippen LogP contribution < -0.4 is 5.32 Å². The number of halogens is 1. The van der Waals surface area contributed by atoms with Gasteiger partial charge in [-0.25, -0.2) is 4.98 Å². The topological polar surface area (TPSA) is 50.2 Å². The van der Waals surface area contributed by atoms with Gasteiger partial charge in [-0.2, -0.15) is 0 Å². The highest BCUT2D eigenvalue weighted by molar-refractivity contribution is 6.31. The Labute approximate surface area is 208 Å². The molecule has 1 saturated heterocycles. The van der Waals surface area contributed by atoms with Gasteiger partial charge in [0, 0.05) is 36.8 Å². The van der Waals surface area contributed by atoms with Gasteiger partial charge in [0.1, 0.15) is 11.5 Å². The summed E-state index contributed by atoms with van der Waals surface area (Å²) in [7, 11) is 0. The highest BCUT2D eigenvalue weighted by atomic mass is 35.5. The van der Waals surface area contributed by atoms with Crippen LogP contribution >= 0.6 is 11.6 Å². The van der Waals surface area contributed by atoms with Gasteiger partial charge < -0.3 is 14.8 Å². The quantitative estimate of drug-likeness (QED) is 0.524. The van der Waals surface area contributed by atoms with E-state index in [2.05, 4.69) is 45.8 Å². The molecule has 0 bridgehead atoms. The summed E-state index contributed by atoms with van der Waals surface area (Å²) in [5, 5.41) is 4.43. The molecule has 182 valence electrons. The third-order valence-electron chi connectivity index (χ3n) is 7.21. The number of hydrogen-bond donors (Lipinski definition) is 1. The number of aryl methyl sites for hydroxylation is 1. The van der Waals surface area contributed by atoms with Crippen LogP contribution in [0.3, 0.4) is 0 Å². The van der Waals surface area contributed by atoms with Gasteiger partial charge in [-0.05, 0) is 75.3 Å². The number of aromatic nitrogens is 2. The molecule has 2 atom stereocenters. The lowest BCUT2D eigenvalue weighted by molar-refractivity contribution is 0.1000. The molecule has 5 nitrogen and oxygen atoms in total. The molecule has 3 aliphatic rings. The highest BCUT2D eigenvalue weighted by Crippen LogP contribution is 2.36. The van der Waals surface area contributed by atoms with E-state index >= 15 is 0 Å². The van der Waals surface area contributed by atoms with Gasteiger partial charge in [-0.15, -0.1) is 0 Å². The van der Waals surface area contributed by atoms with Gasteiger partial charge >= 0.3 is 0 Å². The van der Waals surface area contributed by atoms with E-state index < -0.39 is 0 Å². The molecule has 5 rings (SSSR count). The van der Waals surface area contributed by atoms with Crippen LogP contribution in [0.5, 0.6) is 0 Å². The van der Waals surface area contributed by atoms with E-state index in [4.69, 9.17) is 11.6 Å². The standard InChI is InChI=1S/C20H28N4O.C8H9Cl/c1-14-20-22-13-19(15(2)25)24(20)12-11-23(14)18(16-5-3-6-16)9-8-17-7-4-10-21-17;1-2-7-5-3-4-6-8(7)9/h8-9,13-14,17,21H,3-7,10-12H2,1-2H3;3-6H,2H2,1H3/b9-8+;. The Hall–Kier alpha value is -2.37. The number of nitrogens with zero attached hydrogens (tertiary/aromatic N) is 3. The van der Waals surface area contributed by atoms with Gasteiger partial charge in [-0.3, -0.25) is 4.79 Å².